The molecule has 2 amide bonds. The largest absolute Gasteiger partial charge is 0.339 e. The summed E-state index contributed by atoms with van der Waals surface area (Å²) in [6, 6.07) is 4.42. The Morgan fingerprint density at radius 3 is 2.29 bits per heavy atom. The molecule has 1 aliphatic heterocycles. The molecule has 114 valence electrons. The van der Waals surface area contributed by atoms with Crippen LogP contribution < -0.4 is 0 Å². The van der Waals surface area contributed by atoms with Gasteiger partial charge in [-0.25, -0.2) is 4.39 Å². The minimum Gasteiger partial charge on any atom is -0.339 e. The molecular formula is C15H18BrFN2O2. The third-order valence-corrected chi connectivity index (χ3v) is 4.36. The lowest BCUT2D eigenvalue weighted by Crippen LogP contribution is -2.51. The molecule has 0 bridgehead atoms. The van der Waals surface area contributed by atoms with E-state index in [0.29, 0.717) is 31.7 Å². The molecule has 6 heteroatoms. The van der Waals surface area contributed by atoms with Crippen molar-refractivity contribution >= 4 is 27.7 Å². The average Bonchev–Trinajstić information content (AvgIpc) is 2.48. The van der Waals surface area contributed by atoms with Gasteiger partial charge in [0.25, 0.3) is 5.91 Å². The standard InChI is InChI=1S/C15H18BrFN2O2/c1-10(2)14(20)18-6-8-19(9-7-18)15(21)11-4-3-5-12(17)13(11)16/h3-5,10H,6-9H2,1-2H3. The molecule has 1 heterocycles. The summed E-state index contributed by atoms with van der Waals surface area (Å²) in [7, 11) is 0. The molecule has 0 saturated carbocycles. The number of nitrogens with zero attached hydrogens (tertiary/aromatic N) is 2. The van der Waals surface area contributed by atoms with Crippen LogP contribution >= 0.6 is 15.9 Å². The predicted molar refractivity (Wildman–Crippen MR) is 81.4 cm³/mol. The van der Waals surface area contributed by atoms with Crippen molar-refractivity contribution in [2.24, 2.45) is 5.92 Å². The van der Waals surface area contributed by atoms with E-state index in [1.165, 1.54) is 12.1 Å². The molecule has 2 rings (SSSR count). The van der Waals surface area contributed by atoms with Gasteiger partial charge in [0.2, 0.25) is 5.91 Å². The highest BCUT2D eigenvalue weighted by Crippen LogP contribution is 2.22. The maximum Gasteiger partial charge on any atom is 0.255 e. The third-order valence-electron chi connectivity index (χ3n) is 3.55. The normalized spacial score (nSPS) is 15.5. The second kappa shape index (κ2) is 6.56. The number of rotatable bonds is 2. The lowest BCUT2D eigenvalue weighted by molar-refractivity contribution is -0.135. The van der Waals surface area contributed by atoms with Crippen LogP contribution in [0.2, 0.25) is 0 Å². The van der Waals surface area contributed by atoms with Crippen LogP contribution in [0.1, 0.15) is 24.2 Å². The third kappa shape index (κ3) is 3.43. The minimum atomic E-state index is -0.450. The van der Waals surface area contributed by atoms with Gasteiger partial charge in [0.1, 0.15) is 5.82 Å². The summed E-state index contributed by atoms with van der Waals surface area (Å²) < 4.78 is 13.7. The fourth-order valence-corrected chi connectivity index (χ4v) is 2.77. The summed E-state index contributed by atoms with van der Waals surface area (Å²) in [6.07, 6.45) is 0. The van der Waals surface area contributed by atoms with Crippen molar-refractivity contribution in [3.8, 4) is 0 Å². The first kappa shape index (κ1) is 15.9. The molecule has 0 aliphatic carbocycles. The zero-order valence-corrected chi connectivity index (χ0v) is 13.7. The van der Waals surface area contributed by atoms with E-state index in [1.54, 1.807) is 15.9 Å². The average molecular weight is 357 g/mol. The first-order chi connectivity index (χ1) is 9.91. The van der Waals surface area contributed by atoms with E-state index in [-0.39, 0.29) is 22.2 Å². The second-order valence-corrected chi connectivity index (χ2v) is 6.17. The molecule has 0 radical (unpaired) electrons. The lowest BCUT2D eigenvalue weighted by atomic mass is 10.1. The van der Waals surface area contributed by atoms with Crippen LogP contribution in [0.4, 0.5) is 4.39 Å². The van der Waals surface area contributed by atoms with Gasteiger partial charge in [-0.05, 0) is 28.1 Å². The molecule has 21 heavy (non-hydrogen) atoms. The molecule has 4 nitrogen and oxygen atoms in total. The number of carbonyl (C=O) groups excluding carboxylic acids is 2. The highest BCUT2D eigenvalue weighted by Gasteiger charge is 2.27. The van der Waals surface area contributed by atoms with E-state index in [9.17, 15) is 14.0 Å². The molecule has 0 spiro atoms. The van der Waals surface area contributed by atoms with Crippen LogP contribution in [0.15, 0.2) is 22.7 Å². The van der Waals surface area contributed by atoms with Gasteiger partial charge in [0.05, 0.1) is 10.0 Å². The van der Waals surface area contributed by atoms with Crippen molar-refractivity contribution in [2.75, 3.05) is 26.2 Å². The monoisotopic (exact) mass is 356 g/mol. The zero-order valence-electron chi connectivity index (χ0n) is 12.1. The number of hydrogen-bond donors (Lipinski definition) is 0. The number of hydrogen-bond acceptors (Lipinski definition) is 2. The van der Waals surface area contributed by atoms with Gasteiger partial charge in [0.15, 0.2) is 0 Å². The first-order valence-corrected chi connectivity index (χ1v) is 7.73. The Hall–Kier alpha value is -1.43. The highest BCUT2D eigenvalue weighted by atomic mass is 79.9. The van der Waals surface area contributed by atoms with Crippen LogP contribution in [0.5, 0.6) is 0 Å². The van der Waals surface area contributed by atoms with Crippen molar-refractivity contribution < 1.29 is 14.0 Å². The van der Waals surface area contributed by atoms with Gasteiger partial charge < -0.3 is 9.80 Å². The van der Waals surface area contributed by atoms with Crippen molar-refractivity contribution in [2.45, 2.75) is 13.8 Å². The zero-order chi connectivity index (χ0) is 15.6. The number of halogens is 2. The van der Waals surface area contributed by atoms with Crippen molar-refractivity contribution in [1.82, 2.24) is 9.80 Å². The smallest absolute Gasteiger partial charge is 0.255 e. The summed E-state index contributed by atoms with van der Waals surface area (Å²) in [5, 5.41) is 0. The van der Waals surface area contributed by atoms with Crippen molar-refractivity contribution in [3.63, 3.8) is 0 Å². The molecule has 0 N–H and O–H groups in total. The van der Waals surface area contributed by atoms with Crippen LogP contribution in [-0.4, -0.2) is 47.8 Å². The molecule has 1 aliphatic rings. The fourth-order valence-electron chi connectivity index (χ4n) is 2.33. The highest BCUT2D eigenvalue weighted by molar-refractivity contribution is 9.10. The van der Waals surface area contributed by atoms with E-state index in [0.717, 1.165) is 0 Å². The molecular weight excluding hydrogens is 339 g/mol. The van der Waals surface area contributed by atoms with Gasteiger partial charge in [-0.3, -0.25) is 9.59 Å². The Balaban J connectivity index is 2.04. The Morgan fingerprint density at radius 1 is 1.14 bits per heavy atom. The second-order valence-electron chi connectivity index (χ2n) is 5.37. The lowest BCUT2D eigenvalue weighted by Gasteiger charge is -2.35. The molecule has 1 saturated heterocycles. The topological polar surface area (TPSA) is 40.6 Å². The number of carbonyl (C=O) groups is 2. The van der Waals surface area contributed by atoms with Crippen LogP contribution in [0.3, 0.4) is 0 Å². The summed E-state index contributed by atoms with van der Waals surface area (Å²) in [5.41, 5.74) is 0.318. The summed E-state index contributed by atoms with van der Waals surface area (Å²) in [6.45, 7) is 5.72. The van der Waals surface area contributed by atoms with Gasteiger partial charge in [0, 0.05) is 32.1 Å². The van der Waals surface area contributed by atoms with E-state index in [2.05, 4.69) is 15.9 Å². The quantitative estimate of drug-likeness (QED) is 0.816. The number of benzene rings is 1. The molecule has 1 fully saturated rings. The van der Waals surface area contributed by atoms with Crippen LogP contribution in [0.25, 0.3) is 0 Å². The van der Waals surface area contributed by atoms with E-state index in [1.807, 2.05) is 13.8 Å². The first-order valence-electron chi connectivity index (χ1n) is 6.94. The maximum atomic E-state index is 13.5. The minimum absolute atomic E-state index is 0.0374. The maximum absolute atomic E-state index is 13.5. The molecule has 1 aromatic carbocycles. The van der Waals surface area contributed by atoms with Gasteiger partial charge in [-0.1, -0.05) is 19.9 Å². The van der Waals surface area contributed by atoms with Gasteiger partial charge >= 0.3 is 0 Å². The summed E-state index contributed by atoms with van der Waals surface area (Å²) >= 11 is 3.11. The summed E-state index contributed by atoms with van der Waals surface area (Å²) in [4.78, 5) is 27.7. The van der Waals surface area contributed by atoms with E-state index in [4.69, 9.17) is 0 Å². The Bertz CT molecular complexity index is 555. The predicted octanol–water partition coefficient (Wildman–Crippen LogP) is 2.53. The van der Waals surface area contributed by atoms with Gasteiger partial charge in [-0.2, -0.15) is 0 Å². The molecule has 0 unspecified atom stereocenters. The van der Waals surface area contributed by atoms with Crippen LogP contribution in [-0.2, 0) is 4.79 Å². The Morgan fingerprint density at radius 2 is 1.71 bits per heavy atom. The van der Waals surface area contributed by atoms with Crippen molar-refractivity contribution in [3.05, 3.63) is 34.1 Å². The van der Waals surface area contributed by atoms with E-state index < -0.39 is 5.82 Å². The number of amides is 2. The fraction of sp³-hybridized carbons (Fsp3) is 0.467. The molecule has 1 aromatic rings. The van der Waals surface area contributed by atoms with E-state index >= 15 is 0 Å². The SMILES string of the molecule is CC(C)C(=O)N1CCN(C(=O)c2cccc(F)c2Br)CC1. The molecule has 0 aromatic heterocycles. The van der Waals surface area contributed by atoms with Crippen molar-refractivity contribution in [1.29, 1.82) is 0 Å². The molecule has 0 atom stereocenters. The summed E-state index contributed by atoms with van der Waals surface area (Å²) in [5.74, 6) is -0.592. The van der Waals surface area contributed by atoms with Gasteiger partial charge in [-0.15, -0.1) is 0 Å². The number of piperazine rings is 1. The Labute approximate surface area is 132 Å². The Kier molecular flexibility index (Phi) is 4.98. The van der Waals surface area contributed by atoms with Crippen LogP contribution in [0, 0.1) is 11.7 Å².